The van der Waals surface area contributed by atoms with Crippen molar-refractivity contribution in [2.45, 2.75) is 6.42 Å². The summed E-state index contributed by atoms with van der Waals surface area (Å²) in [5, 5.41) is 0.837. The Morgan fingerprint density at radius 1 is 1.62 bits per heavy atom. The van der Waals surface area contributed by atoms with Gasteiger partial charge in [0.15, 0.2) is 6.29 Å². The summed E-state index contributed by atoms with van der Waals surface area (Å²) in [5.41, 5.74) is 1.10. The molecule has 66 valence electrons. The highest BCUT2D eigenvalue weighted by Gasteiger charge is 1.96. The molecule has 13 heavy (non-hydrogen) atoms. The number of aldehydes is 1. The van der Waals surface area contributed by atoms with Gasteiger partial charge in [0.1, 0.15) is 5.69 Å². The van der Waals surface area contributed by atoms with Crippen molar-refractivity contribution >= 4 is 22.2 Å². The van der Waals surface area contributed by atoms with Crippen LogP contribution >= 0.6 is 15.9 Å². The van der Waals surface area contributed by atoms with Crippen LogP contribution < -0.4 is 0 Å². The van der Waals surface area contributed by atoms with Gasteiger partial charge in [-0.05, 0) is 18.1 Å². The largest absolute Gasteiger partial charge is 0.298 e. The third-order valence-electron chi connectivity index (χ3n) is 1.39. The summed E-state index contributed by atoms with van der Waals surface area (Å²) in [4.78, 5) is 14.5. The summed E-state index contributed by atoms with van der Waals surface area (Å²) in [6, 6.07) is 3.43. The molecule has 0 saturated heterocycles. The maximum Gasteiger partial charge on any atom is 0.152 e. The zero-order valence-corrected chi connectivity index (χ0v) is 8.54. The number of carbonyl (C=O) groups excluding carboxylic acids is 1. The lowest BCUT2D eigenvalue weighted by Gasteiger charge is -1.92. The molecule has 1 rings (SSSR count). The quantitative estimate of drug-likeness (QED) is 0.448. The van der Waals surface area contributed by atoms with Gasteiger partial charge in [0.25, 0.3) is 0 Å². The van der Waals surface area contributed by atoms with E-state index in [-0.39, 0.29) is 0 Å². The number of halogens is 1. The van der Waals surface area contributed by atoms with Gasteiger partial charge in [-0.1, -0.05) is 21.9 Å². The van der Waals surface area contributed by atoms with Crippen LogP contribution in [-0.4, -0.2) is 16.6 Å². The molecule has 0 atom stereocenters. The highest BCUT2D eigenvalue weighted by atomic mass is 79.9. The first-order chi connectivity index (χ1) is 6.38. The minimum atomic E-state index is 0.546. The second-order valence-electron chi connectivity index (χ2n) is 2.30. The van der Waals surface area contributed by atoms with Crippen molar-refractivity contribution in [3.8, 4) is 11.8 Å². The second-order valence-corrected chi connectivity index (χ2v) is 3.09. The van der Waals surface area contributed by atoms with Crippen molar-refractivity contribution in [2.24, 2.45) is 0 Å². The summed E-state index contributed by atoms with van der Waals surface area (Å²) in [5.74, 6) is 5.75. The fourth-order valence-corrected chi connectivity index (χ4v) is 1.01. The van der Waals surface area contributed by atoms with Gasteiger partial charge in [-0.2, -0.15) is 0 Å². The normalized spacial score (nSPS) is 8.69. The lowest BCUT2D eigenvalue weighted by Crippen LogP contribution is -1.90. The number of rotatable bonds is 2. The van der Waals surface area contributed by atoms with Gasteiger partial charge >= 0.3 is 0 Å². The van der Waals surface area contributed by atoms with Gasteiger partial charge in [0, 0.05) is 23.5 Å². The molecule has 0 bridgehead atoms. The lowest BCUT2D eigenvalue weighted by atomic mass is 10.2. The third kappa shape index (κ3) is 3.00. The van der Waals surface area contributed by atoms with Crippen LogP contribution in [0.5, 0.6) is 0 Å². The van der Waals surface area contributed by atoms with Gasteiger partial charge < -0.3 is 0 Å². The second kappa shape index (κ2) is 5.50. The lowest BCUT2D eigenvalue weighted by molar-refractivity contribution is 0.112. The van der Waals surface area contributed by atoms with E-state index >= 15 is 0 Å². The average Bonchev–Trinajstić information content (AvgIpc) is 2.19. The summed E-state index contributed by atoms with van der Waals surface area (Å²) >= 11 is 3.27. The molecule has 0 aliphatic carbocycles. The summed E-state index contributed by atoms with van der Waals surface area (Å²) in [7, 11) is 0. The van der Waals surface area contributed by atoms with Crippen molar-refractivity contribution < 1.29 is 4.79 Å². The Balaban J connectivity index is 2.88. The number of pyridine rings is 1. The molecule has 0 fully saturated rings. The number of hydrogen-bond donors (Lipinski definition) is 0. The van der Waals surface area contributed by atoms with Crippen LogP contribution in [0.3, 0.4) is 0 Å². The molecule has 3 heteroatoms. The first kappa shape index (κ1) is 9.94. The Labute approximate surface area is 85.5 Å². The third-order valence-corrected chi connectivity index (χ3v) is 1.79. The molecule has 0 N–H and O–H groups in total. The van der Waals surface area contributed by atoms with E-state index in [1.807, 2.05) is 0 Å². The molecule has 2 nitrogen and oxygen atoms in total. The number of aromatic nitrogens is 1. The summed E-state index contributed by atoms with van der Waals surface area (Å²) in [6.07, 6.45) is 3.16. The average molecular weight is 238 g/mol. The Kier molecular flexibility index (Phi) is 4.20. The molecular formula is C10H8BrNO. The van der Waals surface area contributed by atoms with E-state index in [0.29, 0.717) is 11.3 Å². The van der Waals surface area contributed by atoms with Crippen LogP contribution in [0.15, 0.2) is 18.3 Å². The fraction of sp³-hybridized carbons (Fsp3) is 0.200. The van der Waals surface area contributed by atoms with E-state index in [2.05, 4.69) is 32.8 Å². The summed E-state index contributed by atoms with van der Waals surface area (Å²) in [6.45, 7) is 0. The molecule has 0 saturated carbocycles. The van der Waals surface area contributed by atoms with E-state index in [1.54, 1.807) is 18.3 Å². The monoisotopic (exact) mass is 237 g/mol. The predicted molar refractivity (Wildman–Crippen MR) is 54.9 cm³/mol. The number of alkyl halides is 1. The standard InChI is InChI=1S/C10H8BrNO/c11-6-2-1-5-10-9(8-13)4-3-7-12-10/h3-4,7-8H,2,6H2. The van der Waals surface area contributed by atoms with E-state index in [9.17, 15) is 4.79 Å². The highest BCUT2D eigenvalue weighted by molar-refractivity contribution is 9.09. The molecule has 1 aromatic rings. The van der Waals surface area contributed by atoms with Crippen molar-refractivity contribution in [3.63, 3.8) is 0 Å². The molecule has 1 heterocycles. The predicted octanol–water partition coefficient (Wildman–Crippen LogP) is 2.03. The Hall–Kier alpha value is -1.14. The number of carbonyl (C=O) groups is 1. The van der Waals surface area contributed by atoms with Crippen molar-refractivity contribution in [1.82, 2.24) is 4.98 Å². The Morgan fingerprint density at radius 2 is 2.46 bits per heavy atom. The van der Waals surface area contributed by atoms with Crippen LogP contribution in [0, 0.1) is 11.8 Å². The molecular weight excluding hydrogens is 230 g/mol. The maximum atomic E-state index is 10.5. The molecule has 0 aliphatic rings. The van der Waals surface area contributed by atoms with E-state index < -0.39 is 0 Å². The van der Waals surface area contributed by atoms with Crippen molar-refractivity contribution in [3.05, 3.63) is 29.6 Å². The van der Waals surface area contributed by atoms with E-state index in [4.69, 9.17) is 0 Å². The van der Waals surface area contributed by atoms with Crippen LogP contribution in [-0.2, 0) is 0 Å². The SMILES string of the molecule is O=Cc1cccnc1C#CCCBr. The smallest absolute Gasteiger partial charge is 0.152 e. The molecule has 0 radical (unpaired) electrons. The maximum absolute atomic E-state index is 10.5. The minimum absolute atomic E-state index is 0.546. The zero-order chi connectivity index (χ0) is 9.52. The van der Waals surface area contributed by atoms with Gasteiger partial charge in [0.2, 0.25) is 0 Å². The highest BCUT2D eigenvalue weighted by Crippen LogP contribution is 1.99. The number of hydrogen-bond acceptors (Lipinski definition) is 2. The fourth-order valence-electron chi connectivity index (χ4n) is 0.811. The molecule has 0 amide bonds. The Bertz CT molecular complexity index is 351. The van der Waals surface area contributed by atoms with E-state index in [0.717, 1.165) is 18.0 Å². The first-order valence-electron chi connectivity index (χ1n) is 3.83. The molecule has 1 aromatic heterocycles. The Morgan fingerprint density at radius 3 is 3.15 bits per heavy atom. The molecule has 0 aliphatic heterocycles. The molecule has 0 aromatic carbocycles. The molecule has 0 spiro atoms. The van der Waals surface area contributed by atoms with Crippen molar-refractivity contribution in [2.75, 3.05) is 5.33 Å². The minimum Gasteiger partial charge on any atom is -0.298 e. The van der Waals surface area contributed by atoms with Crippen LogP contribution in [0.25, 0.3) is 0 Å². The van der Waals surface area contributed by atoms with Crippen molar-refractivity contribution in [1.29, 1.82) is 0 Å². The number of nitrogens with zero attached hydrogens (tertiary/aromatic N) is 1. The molecule has 0 unspecified atom stereocenters. The zero-order valence-electron chi connectivity index (χ0n) is 6.96. The van der Waals surface area contributed by atoms with Gasteiger partial charge in [-0.25, -0.2) is 4.98 Å². The van der Waals surface area contributed by atoms with Crippen LogP contribution in [0.4, 0.5) is 0 Å². The van der Waals surface area contributed by atoms with Crippen LogP contribution in [0.2, 0.25) is 0 Å². The van der Waals surface area contributed by atoms with Gasteiger partial charge in [-0.3, -0.25) is 4.79 Å². The first-order valence-corrected chi connectivity index (χ1v) is 4.95. The summed E-state index contributed by atoms with van der Waals surface area (Å²) < 4.78 is 0. The van der Waals surface area contributed by atoms with Crippen LogP contribution in [0.1, 0.15) is 22.5 Å². The van der Waals surface area contributed by atoms with Gasteiger partial charge in [0.05, 0.1) is 0 Å². The topological polar surface area (TPSA) is 30.0 Å². The van der Waals surface area contributed by atoms with Gasteiger partial charge in [-0.15, -0.1) is 0 Å². The van der Waals surface area contributed by atoms with E-state index in [1.165, 1.54) is 0 Å².